The highest BCUT2D eigenvalue weighted by Crippen LogP contribution is 2.25. The van der Waals surface area contributed by atoms with Crippen LogP contribution in [0.3, 0.4) is 0 Å². The van der Waals surface area contributed by atoms with E-state index in [4.69, 9.17) is 4.74 Å². The van der Waals surface area contributed by atoms with Crippen molar-refractivity contribution in [2.75, 3.05) is 18.2 Å². The van der Waals surface area contributed by atoms with Crippen LogP contribution >= 0.6 is 23.1 Å². The van der Waals surface area contributed by atoms with E-state index in [9.17, 15) is 4.79 Å². The maximum absolute atomic E-state index is 12.3. The number of ether oxygens (including phenoxy) is 1. The van der Waals surface area contributed by atoms with Crippen molar-refractivity contribution in [2.24, 2.45) is 0 Å². The van der Waals surface area contributed by atoms with Crippen LogP contribution in [-0.4, -0.2) is 38.5 Å². The molecule has 0 radical (unpaired) electrons. The maximum Gasteiger partial charge on any atom is 0.236 e. The Morgan fingerprint density at radius 1 is 1.13 bits per heavy atom. The summed E-state index contributed by atoms with van der Waals surface area (Å²) in [5.74, 6) is 1.64. The number of nitrogens with zero attached hydrogens (tertiary/aromatic N) is 4. The predicted octanol–water partition coefficient (Wildman–Crippen LogP) is 4.05. The molecule has 4 aromatic rings. The number of aromatic nitrogens is 4. The Bertz CT molecular complexity index is 1100. The van der Waals surface area contributed by atoms with Crippen LogP contribution in [0.15, 0.2) is 71.3 Å². The number of nitrogens with one attached hydrogen (secondary N) is 1. The molecular formula is C21H19N5O2S2. The van der Waals surface area contributed by atoms with Crippen molar-refractivity contribution in [3.05, 3.63) is 77.6 Å². The lowest BCUT2D eigenvalue weighted by atomic mass is 10.1. The Morgan fingerprint density at radius 3 is 2.63 bits per heavy atom. The van der Waals surface area contributed by atoms with Gasteiger partial charge in [-0.25, -0.2) is 4.98 Å². The van der Waals surface area contributed by atoms with E-state index in [0.29, 0.717) is 16.7 Å². The van der Waals surface area contributed by atoms with E-state index in [2.05, 4.69) is 32.6 Å². The molecule has 0 saturated heterocycles. The fraction of sp³-hybridized carbons (Fsp3) is 0.143. The summed E-state index contributed by atoms with van der Waals surface area (Å²) in [5.41, 5.74) is 2.05. The van der Waals surface area contributed by atoms with E-state index in [0.717, 1.165) is 22.8 Å². The summed E-state index contributed by atoms with van der Waals surface area (Å²) >= 11 is 2.72. The van der Waals surface area contributed by atoms with E-state index >= 15 is 0 Å². The minimum atomic E-state index is -0.135. The van der Waals surface area contributed by atoms with Gasteiger partial charge in [-0.05, 0) is 29.8 Å². The van der Waals surface area contributed by atoms with Crippen molar-refractivity contribution in [1.29, 1.82) is 0 Å². The van der Waals surface area contributed by atoms with Crippen LogP contribution in [0.4, 0.5) is 5.13 Å². The van der Waals surface area contributed by atoms with Crippen molar-refractivity contribution < 1.29 is 9.53 Å². The second kappa shape index (κ2) is 9.55. The van der Waals surface area contributed by atoms with Gasteiger partial charge in [-0.3, -0.25) is 9.36 Å². The van der Waals surface area contributed by atoms with Gasteiger partial charge in [0.05, 0.1) is 12.9 Å². The van der Waals surface area contributed by atoms with Crippen LogP contribution in [0.2, 0.25) is 0 Å². The summed E-state index contributed by atoms with van der Waals surface area (Å²) in [6, 6.07) is 17.8. The fourth-order valence-corrected chi connectivity index (χ4v) is 4.16. The lowest BCUT2D eigenvalue weighted by Crippen LogP contribution is -2.14. The van der Waals surface area contributed by atoms with Crippen LogP contribution in [0.1, 0.15) is 11.4 Å². The topological polar surface area (TPSA) is 81.9 Å². The smallest absolute Gasteiger partial charge is 0.236 e. The average molecular weight is 438 g/mol. The molecule has 4 rings (SSSR count). The molecule has 7 nitrogen and oxygen atoms in total. The molecule has 2 heterocycles. The first kappa shape index (κ1) is 20.1. The summed E-state index contributed by atoms with van der Waals surface area (Å²) in [6.07, 6.45) is 2.29. The van der Waals surface area contributed by atoms with Gasteiger partial charge in [-0.15, -0.1) is 21.5 Å². The van der Waals surface area contributed by atoms with Gasteiger partial charge in [0.15, 0.2) is 10.3 Å². The zero-order chi connectivity index (χ0) is 20.8. The number of methoxy groups -OCH3 is 1. The normalized spacial score (nSPS) is 10.7. The van der Waals surface area contributed by atoms with E-state index in [1.807, 2.05) is 52.4 Å². The number of rotatable bonds is 8. The molecular weight excluding hydrogens is 418 g/mol. The van der Waals surface area contributed by atoms with Crippen LogP contribution in [-0.2, 0) is 11.2 Å². The summed E-state index contributed by atoms with van der Waals surface area (Å²) in [5, 5.41) is 14.6. The quantitative estimate of drug-likeness (QED) is 0.419. The Morgan fingerprint density at radius 2 is 1.93 bits per heavy atom. The van der Waals surface area contributed by atoms with E-state index < -0.39 is 0 Å². The predicted molar refractivity (Wildman–Crippen MR) is 119 cm³/mol. The lowest BCUT2D eigenvalue weighted by molar-refractivity contribution is -0.113. The molecule has 30 heavy (non-hydrogen) atoms. The van der Waals surface area contributed by atoms with Crippen LogP contribution in [0.5, 0.6) is 5.75 Å². The van der Waals surface area contributed by atoms with Gasteiger partial charge < -0.3 is 10.1 Å². The highest BCUT2D eigenvalue weighted by molar-refractivity contribution is 7.99. The fourth-order valence-electron chi connectivity index (χ4n) is 2.85. The Kier molecular flexibility index (Phi) is 6.41. The summed E-state index contributed by atoms with van der Waals surface area (Å²) < 4.78 is 7.25. The van der Waals surface area contributed by atoms with E-state index in [1.54, 1.807) is 13.3 Å². The zero-order valence-corrected chi connectivity index (χ0v) is 17.8. The van der Waals surface area contributed by atoms with Gasteiger partial charge in [-0.1, -0.05) is 42.1 Å². The molecule has 0 saturated carbocycles. The minimum absolute atomic E-state index is 0.135. The standard InChI is InChI=1S/C21H19N5O2S2/c1-28-17-9-7-16(8-10-17)26-18(13-15-5-3-2-4-6-15)24-25-21(26)30-14-19(27)23-20-22-11-12-29-20/h2-12H,13-14H2,1H3,(H,22,23,27). The van der Waals surface area contributed by atoms with Gasteiger partial charge >= 0.3 is 0 Å². The number of benzene rings is 2. The molecule has 2 aromatic heterocycles. The zero-order valence-electron chi connectivity index (χ0n) is 16.2. The Hall–Kier alpha value is -3.17. The third-order valence-corrected chi connectivity index (χ3v) is 5.86. The molecule has 0 spiro atoms. The molecule has 2 aromatic carbocycles. The van der Waals surface area contributed by atoms with Gasteiger partial charge in [-0.2, -0.15) is 0 Å². The molecule has 0 bridgehead atoms. The molecule has 0 unspecified atom stereocenters. The second-order valence-electron chi connectivity index (χ2n) is 6.27. The molecule has 0 aliphatic rings. The highest BCUT2D eigenvalue weighted by atomic mass is 32.2. The second-order valence-corrected chi connectivity index (χ2v) is 8.11. The van der Waals surface area contributed by atoms with Crippen LogP contribution < -0.4 is 10.1 Å². The number of hydrogen-bond donors (Lipinski definition) is 1. The van der Waals surface area contributed by atoms with Crippen molar-refractivity contribution in [3.63, 3.8) is 0 Å². The minimum Gasteiger partial charge on any atom is -0.497 e. The maximum atomic E-state index is 12.3. The molecule has 1 amide bonds. The number of hydrogen-bond acceptors (Lipinski definition) is 7. The molecule has 0 aliphatic heterocycles. The number of carbonyl (C=O) groups excluding carboxylic acids is 1. The number of amides is 1. The monoisotopic (exact) mass is 437 g/mol. The first-order valence-electron chi connectivity index (χ1n) is 9.18. The van der Waals surface area contributed by atoms with Gasteiger partial charge in [0.1, 0.15) is 11.6 Å². The summed E-state index contributed by atoms with van der Waals surface area (Å²) in [7, 11) is 1.64. The molecule has 152 valence electrons. The van der Waals surface area contributed by atoms with Crippen molar-refractivity contribution in [1.82, 2.24) is 19.7 Å². The number of thioether (sulfide) groups is 1. The SMILES string of the molecule is COc1ccc(-n2c(Cc3ccccc3)nnc2SCC(=O)Nc2nccs2)cc1. The van der Waals surface area contributed by atoms with Gasteiger partial charge in [0.2, 0.25) is 5.91 Å². The summed E-state index contributed by atoms with van der Waals surface area (Å²) in [6.45, 7) is 0. The highest BCUT2D eigenvalue weighted by Gasteiger charge is 2.17. The average Bonchev–Trinajstić information content (AvgIpc) is 3.43. The molecule has 0 aliphatic carbocycles. The Labute approximate surface area is 182 Å². The van der Waals surface area contributed by atoms with Crippen LogP contribution in [0, 0.1) is 0 Å². The summed E-state index contributed by atoms with van der Waals surface area (Å²) in [4.78, 5) is 16.3. The first-order valence-corrected chi connectivity index (χ1v) is 11.0. The number of anilines is 1. The lowest BCUT2D eigenvalue weighted by Gasteiger charge is -2.11. The molecule has 0 fully saturated rings. The van der Waals surface area contributed by atoms with E-state index in [1.165, 1.54) is 23.1 Å². The van der Waals surface area contributed by atoms with Crippen molar-refractivity contribution in [2.45, 2.75) is 11.6 Å². The number of thiazole rings is 1. The largest absolute Gasteiger partial charge is 0.497 e. The number of carbonyl (C=O) groups is 1. The molecule has 9 heteroatoms. The third kappa shape index (κ3) is 4.87. The van der Waals surface area contributed by atoms with Crippen molar-refractivity contribution >= 4 is 34.1 Å². The molecule has 0 atom stereocenters. The molecule has 1 N–H and O–H groups in total. The first-order chi connectivity index (χ1) is 14.7. The van der Waals surface area contributed by atoms with Crippen molar-refractivity contribution in [3.8, 4) is 11.4 Å². The van der Waals surface area contributed by atoms with Gasteiger partial charge in [0.25, 0.3) is 0 Å². The Balaban J connectivity index is 1.58. The van der Waals surface area contributed by atoms with E-state index in [-0.39, 0.29) is 11.7 Å². The van der Waals surface area contributed by atoms with Gasteiger partial charge in [0, 0.05) is 23.7 Å². The van der Waals surface area contributed by atoms with Crippen LogP contribution in [0.25, 0.3) is 5.69 Å². The third-order valence-electron chi connectivity index (χ3n) is 4.25.